The molecule has 1 aromatic heterocycles. The monoisotopic (exact) mass is 172 g/mol. The maximum Gasteiger partial charge on any atom is 0.325 e. The quantitative estimate of drug-likeness (QED) is 0.555. The predicted molar refractivity (Wildman–Crippen MR) is 35.2 cm³/mol. The smallest absolute Gasteiger partial charge is 0.314 e. The number of rotatable bonds is 0. The van der Waals surface area contributed by atoms with Crippen LogP contribution in [0.1, 0.15) is 0 Å². The van der Waals surface area contributed by atoms with Gasteiger partial charge in [-0.05, 0) is 0 Å². The van der Waals surface area contributed by atoms with Gasteiger partial charge < -0.3 is 4.98 Å². The highest BCUT2D eigenvalue weighted by molar-refractivity contribution is 4.77. The summed E-state index contributed by atoms with van der Waals surface area (Å²) in [6.45, 7) is 0. The largest absolute Gasteiger partial charge is 0.325 e. The average Bonchev–Trinajstić information content (AvgIpc) is 1.64. The second-order valence-corrected chi connectivity index (χ2v) is 1.30. The number of H-pyrrole nitrogens is 2. The van der Waals surface area contributed by atoms with Gasteiger partial charge in [-0.15, -0.1) is 0 Å². The number of aromatic nitrogens is 2. The van der Waals surface area contributed by atoms with Crippen molar-refractivity contribution in [1.29, 1.82) is 0 Å². The molecule has 0 fully saturated rings. The summed E-state index contributed by atoms with van der Waals surface area (Å²) < 4.78 is 0. The summed E-state index contributed by atoms with van der Waals surface area (Å²) in [5.41, 5.74) is -0.855. The van der Waals surface area contributed by atoms with Gasteiger partial charge in [0, 0.05) is 12.3 Å². The van der Waals surface area contributed by atoms with Crippen LogP contribution >= 0.6 is 0 Å². The zero-order valence-electron chi connectivity index (χ0n) is 5.20. The third-order valence-corrected chi connectivity index (χ3v) is 0.686. The third kappa shape index (κ3) is 4.94. The molecule has 0 radical (unpaired) electrons. The molecule has 11 heavy (non-hydrogen) atoms. The molecule has 0 aliphatic carbocycles. The van der Waals surface area contributed by atoms with Crippen LogP contribution in [0.3, 0.4) is 0 Å². The number of nitrogens with one attached hydrogen (secondary N) is 2. The van der Waals surface area contributed by atoms with Gasteiger partial charge in [0.05, 0.1) is 0 Å². The highest BCUT2D eigenvalue weighted by atomic mass is 19.0. The molecule has 0 unspecified atom stereocenters. The first kappa shape index (κ1) is 16.2. The molecule has 7 heteroatoms. The Labute approximate surface area is 58.4 Å². The molecule has 1 heterocycles. The second-order valence-electron chi connectivity index (χ2n) is 1.30. The van der Waals surface area contributed by atoms with Crippen molar-refractivity contribution in [2.24, 2.45) is 0 Å². The van der Waals surface area contributed by atoms with Crippen molar-refractivity contribution in [2.75, 3.05) is 0 Å². The standard InChI is InChI=1S/C4H4N2O2.3FH/c7-3-1-2-5-4(8)6-3;;;/h1-2H,(H2,5,6,7,8);3*1H. The van der Waals surface area contributed by atoms with Gasteiger partial charge in [-0.3, -0.25) is 23.9 Å². The number of hydrogen-bond acceptors (Lipinski definition) is 2. The summed E-state index contributed by atoms with van der Waals surface area (Å²) in [6.07, 6.45) is 1.29. The average molecular weight is 172 g/mol. The third-order valence-electron chi connectivity index (χ3n) is 0.686. The minimum absolute atomic E-state index is 0. The van der Waals surface area contributed by atoms with E-state index in [4.69, 9.17) is 0 Å². The minimum Gasteiger partial charge on any atom is -0.314 e. The van der Waals surface area contributed by atoms with Crippen molar-refractivity contribution < 1.29 is 14.1 Å². The van der Waals surface area contributed by atoms with Crippen LogP contribution < -0.4 is 11.2 Å². The summed E-state index contributed by atoms with van der Waals surface area (Å²) in [6, 6.07) is 1.24. The van der Waals surface area contributed by atoms with E-state index in [1.807, 2.05) is 4.98 Å². The molecule has 0 aliphatic rings. The molecule has 0 amide bonds. The Morgan fingerprint density at radius 1 is 1.09 bits per heavy atom. The van der Waals surface area contributed by atoms with Crippen LogP contribution in [0.2, 0.25) is 0 Å². The Morgan fingerprint density at radius 3 is 1.91 bits per heavy atom. The van der Waals surface area contributed by atoms with Gasteiger partial charge in [0.2, 0.25) is 0 Å². The minimum atomic E-state index is -0.475. The summed E-state index contributed by atoms with van der Waals surface area (Å²) >= 11 is 0. The highest BCUT2D eigenvalue weighted by Crippen LogP contribution is 1.51. The van der Waals surface area contributed by atoms with Crippen LogP contribution in [-0.2, 0) is 0 Å². The fraction of sp³-hybridized carbons (Fsp3) is 0. The molecule has 4 nitrogen and oxygen atoms in total. The van der Waals surface area contributed by atoms with Crippen molar-refractivity contribution in [3.8, 4) is 0 Å². The molecule has 0 aliphatic heterocycles. The molecule has 0 atom stereocenters. The molecule has 2 N–H and O–H groups in total. The van der Waals surface area contributed by atoms with Crippen LogP contribution in [0.25, 0.3) is 0 Å². The molecule has 0 aromatic carbocycles. The lowest BCUT2D eigenvalue weighted by atomic mass is 10.7. The molecule has 0 saturated heterocycles. The fourth-order valence-electron chi connectivity index (χ4n) is 0.383. The van der Waals surface area contributed by atoms with Gasteiger partial charge in [0.25, 0.3) is 5.56 Å². The zero-order valence-corrected chi connectivity index (χ0v) is 5.20. The first-order valence-corrected chi connectivity index (χ1v) is 2.07. The normalized spacial score (nSPS) is 6.55. The van der Waals surface area contributed by atoms with E-state index < -0.39 is 5.69 Å². The maximum absolute atomic E-state index is 10.2. The van der Waals surface area contributed by atoms with Crippen molar-refractivity contribution in [1.82, 2.24) is 9.97 Å². The lowest BCUT2D eigenvalue weighted by Crippen LogP contribution is -2.19. The van der Waals surface area contributed by atoms with Crippen molar-refractivity contribution >= 4 is 0 Å². The van der Waals surface area contributed by atoms with Gasteiger partial charge in [0.15, 0.2) is 0 Å². The predicted octanol–water partition coefficient (Wildman–Crippen LogP) is -0.479. The number of halogens is 3. The molecule has 0 bridgehead atoms. The molecule has 66 valence electrons. The maximum atomic E-state index is 10.2. The van der Waals surface area contributed by atoms with E-state index in [2.05, 4.69) is 4.98 Å². The van der Waals surface area contributed by atoms with E-state index in [0.29, 0.717) is 0 Å². The first-order valence-electron chi connectivity index (χ1n) is 2.07. The van der Waals surface area contributed by atoms with Gasteiger partial charge in [-0.25, -0.2) is 4.79 Å². The van der Waals surface area contributed by atoms with Gasteiger partial charge in [-0.1, -0.05) is 0 Å². The summed E-state index contributed by atoms with van der Waals surface area (Å²) in [7, 11) is 0. The van der Waals surface area contributed by atoms with Crippen LogP contribution in [0.15, 0.2) is 21.9 Å². The van der Waals surface area contributed by atoms with Crippen LogP contribution in [0, 0.1) is 0 Å². The Bertz CT molecular complexity index is 256. The van der Waals surface area contributed by atoms with Gasteiger partial charge in [-0.2, -0.15) is 0 Å². The zero-order chi connectivity index (χ0) is 5.98. The summed E-state index contributed by atoms with van der Waals surface area (Å²) in [4.78, 5) is 24.7. The Hall–Kier alpha value is -1.53. The molecule has 1 rings (SSSR count). The summed E-state index contributed by atoms with van der Waals surface area (Å²) in [5, 5.41) is 0. The first-order chi connectivity index (χ1) is 3.79. The van der Waals surface area contributed by atoms with Gasteiger partial charge >= 0.3 is 5.69 Å². The number of aromatic amines is 2. The van der Waals surface area contributed by atoms with Crippen LogP contribution in [-0.4, -0.2) is 9.97 Å². The second kappa shape index (κ2) is 6.59. The van der Waals surface area contributed by atoms with E-state index in [0.717, 1.165) is 0 Å². The molecule has 1 aromatic rings. The van der Waals surface area contributed by atoms with E-state index in [-0.39, 0.29) is 19.7 Å². The van der Waals surface area contributed by atoms with E-state index in [9.17, 15) is 9.59 Å². The number of hydrogen-bond donors (Lipinski definition) is 2. The Kier molecular flexibility index (Phi) is 9.72. The molecule has 0 spiro atoms. The molecule has 0 saturated carbocycles. The lowest BCUT2D eigenvalue weighted by Gasteiger charge is -1.75. The lowest BCUT2D eigenvalue weighted by molar-refractivity contribution is 1.04. The summed E-state index contributed by atoms with van der Waals surface area (Å²) in [5.74, 6) is 0. The fourth-order valence-corrected chi connectivity index (χ4v) is 0.383. The van der Waals surface area contributed by atoms with Gasteiger partial charge in [0.1, 0.15) is 0 Å². The van der Waals surface area contributed by atoms with Crippen molar-refractivity contribution in [3.05, 3.63) is 33.1 Å². The van der Waals surface area contributed by atoms with Crippen molar-refractivity contribution in [2.45, 2.75) is 0 Å². The van der Waals surface area contributed by atoms with Crippen LogP contribution in [0.4, 0.5) is 14.1 Å². The van der Waals surface area contributed by atoms with E-state index in [1.54, 1.807) is 0 Å². The Morgan fingerprint density at radius 2 is 1.64 bits per heavy atom. The topological polar surface area (TPSA) is 65.7 Å². The Balaban J connectivity index is -0.000000213. The highest BCUT2D eigenvalue weighted by Gasteiger charge is 1.77. The molecular formula is C4H7F3N2O2. The van der Waals surface area contributed by atoms with Crippen molar-refractivity contribution in [3.63, 3.8) is 0 Å². The van der Waals surface area contributed by atoms with E-state index in [1.165, 1.54) is 12.3 Å². The SMILES string of the molecule is F.F.F.O=c1cc[nH]c(=O)[nH]1. The molecular weight excluding hydrogens is 165 g/mol. The van der Waals surface area contributed by atoms with E-state index >= 15 is 0 Å². The van der Waals surface area contributed by atoms with Crippen LogP contribution in [0.5, 0.6) is 0 Å².